The molecule has 0 aromatic carbocycles. The van der Waals surface area contributed by atoms with Crippen LogP contribution in [0.2, 0.25) is 0 Å². The summed E-state index contributed by atoms with van der Waals surface area (Å²) in [5.41, 5.74) is 0. The van der Waals surface area contributed by atoms with Crippen LogP contribution in [0.3, 0.4) is 0 Å². The van der Waals surface area contributed by atoms with Crippen molar-refractivity contribution >= 4 is 5.97 Å². The molecule has 0 unspecified atom stereocenters. The van der Waals surface area contributed by atoms with Crippen molar-refractivity contribution in [3.63, 3.8) is 0 Å². The number of carboxylic acids is 1. The van der Waals surface area contributed by atoms with Gasteiger partial charge in [0.25, 0.3) is 0 Å². The molecule has 2 aliphatic carbocycles. The molecule has 2 aliphatic rings. The van der Waals surface area contributed by atoms with Gasteiger partial charge >= 0.3 is 29.6 Å². The molecule has 0 N–H and O–H groups in total. The summed E-state index contributed by atoms with van der Waals surface area (Å²) in [4.78, 5) is 10.5. The van der Waals surface area contributed by atoms with Crippen molar-refractivity contribution in [2.75, 3.05) is 0 Å². The maximum atomic E-state index is 10.5. The number of fused-ring (bicyclic) bond motifs is 2. The molecule has 0 radical (unpaired) electrons. The minimum Gasteiger partial charge on any atom is -0.550 e. The Labute approximate surface area is 88.7 Å². The molecule has 0 aliphatic heterocycles. The average molecular weight is 162 g/mol. The SMILES string of the molecule is O=C([O-])[C@H]1C[C@H]2CC[C@@H]1C2.[Na+]. The molecular weight excluding hydrogens is 151 g/mol. The number of carbonyl (C=O) groups is 1. The second kappa shape index (κ2) is 3.46. The molecule has 3 heteroatoms. The molecule has 3 atom stereocenters. The molecule has 2 nitrogen and oxygen atoms in total. The van der Waals surface area contributed by atoms with E-state index in [0.29, 0.717) is 11.8 Å². The Hall–Kier alpha value is 0.470. The number of hydrogen-bond donors (Lipinski definition) is 0. The maximum Gasteiger partial charge on any atom is 1.00 e. The Balaban J connectivity index is 0.000000605. The van der Waals surface area contributed by atoms with Crippen molar-refractivity contribution in [1.29, 1.82) is 0 Å². The van der Waals surface area contributed by atoms with Crippen molar-refractivity contribution in [3.05, 3.63) is 0 Å². The quantitative estimate of drug-likeness (QED) is 0.390. The smallest absolute Gasteiger partial charge is 0.550 e. The molecule has 2 saturated carbocycles. The van der Waals surface area contributed by atoms with Crippen molar-refractivity contribution < 1.29 is 39.5 Å². The van der Waals surface area contributed by atoms with E-state index in [2.05, 4.69) is 0 Å². The van der Waals surface area contributed by atoms with Gasteiger partial charge in [0.05, 0.1) is 0 Å². The fraction of sp³-hybridized carbons (Fsp3) is 0.875. The summed E-state index contributed by atoms with van der Waals surface area (Å²) in [5.74, 6) is 0.272. The molecule has 0 heterocycles. The van der Waals surface area contributed by atoms with Crippen LogP contribution in [0, 0.1) is 17.8 Å². The Morgan fingerprint density at radius 2 is 2.00 bits per heavy atom. The van der Waals surface area contributed by atoms with Gasteiger partial charge in [-0.2, -0.15) is 0 Å². The van der Waals surface area contributed by atoms with Crippen LogP contribution in [0.4, 0.5) is 0 Å². The molecular formula is C8H11NaO2. The van der Waals surface area contributed by atoms with Crippen molar-refractivity contribution in [3.8, 4) is 0 Å². The first-order valence-corrected chi connectivity index (χ1v) is 3.98. The zero-order valence-corrected chi connectivity index (χ0v) is 8.88. The van der Waals surface area contributed by atoms with Gasteiger partial charge in [-0.3, -0.25) is 0 Å². The third-order valence-electron chi connectivity index (χ3n) is 3.04. The fourth-order valence-electron chi connectivity index (χ4n) is 2.53. The number of carboxylic acid groups (broad SMARTS) is 1. The van der Waals surface area contributed by atoms with Crippen molar-refractivity contribution in [2.45, 2.75) is 25.7 Å². The van der Waals surface area contributed by atoms with Gasteiger partial charge in [-0.15, -0.1) is 0 Å². The first-order valence-electron chi connectivity index (χ1n) is 3.98. The monoisotopic (exact) mass is 162 g/mol. The summed E-state index contributed by atoms with van der Waals surface area (Å²) in [7, 11) is 0. The second-order valence-corrected chi connectivity index (χ2v) is 3.60. The van der Waals surface area contributed by atoms with E-state index in [1.807, 2.05) is 0 Å². The third-order valence-corrected chi connectivity index (χ3v) is 3.04. The van der Waals surface area contributed by atoms with E-state index in [1.54, 1.807) is 0 Å². The van der Waals surface area contributed by atoms with Crippen LogP contribution >= 0.6 is 0 Å². The topological polar surface area (TPSA) is 40.1 Å². The molecule has 2 bridgehead atoms. The number of rotatable bonds is 1. The van der Waals surface area contributed by atoms with Gasteiger partial charge in [0.15, 0.2) is 0 Å². The Morgan fingerprint density at radius 1 is 1.27 bits per heavy atom. The second-order valence-electron chi connectivity index (χ2n) is 3.60. The van der Waals surface area contributed by atoms with Gasteiger partial charge in [-0.25, -0.2) is 0 Å². The van der Waals surface area contributed by atoms with Gasteiger partial charge in [0.1, 0.15) is 0 Å². The first-order chi connectivity index (χ1) is 4.77. The van der Waals surface area contributed by atoms with Crippen LogP contribution in [-0.2, 0) is 4.79 Å². The molecule has 0 amide bonds. The molecule has 11 heavy (non-hydrogen) atoms. The van der Waals surface area contributed by atoms with E-state index < -0.39 is 5.97 Å². The third kappa shape index (κ3) is 1.63. The van der Waals surface area contributed by atoms with E-state index in [0.717, 1.165) is 19.3 Å². The largest absolute Gasteiger partial charge is 1.00 e. The van der Waals surface area contributed by atoms with E-state index in [9.17, 15) is 9.90 Å². The van der Waals surface area contributed by atoms with Gasteiger partial charge in [0.2, 0.25) is 0 Å². The van der Waals surface area contributed by atoms with Crippen LogP contribution in [-0.4, -0.2) is 5.97 Å². The summed E-state index contributed by atoms with van der Waals surface area (Å²) in [6.07, 6.45) is 4.43. The fourth-order valence-corrected chi connectivity index (χ4v) is 2.53. The minimum atomic E-state index is -0.813. The zero-order chi connectivity index (χ0) is 7.14. The standard InChI is InChI=1S/C8H12O2.Na/c9-8(10)7-4-5-1-2-6(7)3-5;/h5-7H,1-4H2,(H,9,10);/q;+1/p-1/t5-,6+,7-;/m0./s1. The van der Waals surface area contributed by atoms with Crippen molar-refractivity contribution in [2.24, 2.45) is 17.8 Å². The van der Waals surface area contributed by atoms with Gasteiger partial charge in [-0.1, -0.05) is 6.42 Å². The maximum absolute atomic E-state index is 10.5. The number of hydrogen-bond acceptors (Lipinski definition) is 2. The first kappa shape index (κ1) is 9.56. The normalized spacial score (nSPS) is 40.2. The summed E-state index contributed by atoms with van der Waals surface area (Å²) in [5, 5.41) is 10.5. The molecule has 0 spiro atoms. The van der Waals surface area contributed by atoms with Gasteiger partial charge in [-0.05, 0) is 31.1 Å². The van der Waals surface area contributed by atoms with Crippen LogP contribution < -0.4 is 34.7 Å². The van der Waals surface area contributed by atoms with E-state index in [-0.39, 0.29) is 35.5 Å². The molecule has 2 fully saturated rings. The van der Waals surface area contributed by atoms with Crippen LogP contribution in [0.5, 0.6) is 0 Å². The summed E-state index contributed by atoms with van der Waals surface area (Å²) in [6.45, 7) is 0. The van der Waals surface area contributed by atoms with Crippen LogP contribution in [0.1, 0.15) is 25.7 Å². The van der Waals surface area contributed by atoms with Gasteiger partial charge in [0, 0.05) is 11.9 Å². The number of aliphatic carboxylic acids is 1. The van der Waals surface area contributed by atoms with Gasteiger partial charge < -0.3 is 9.90 Å². The van der Waals surface area contributed by atoms with Crippen LogP contribution in [0.25, 0.3) is 0 Å². The summed E-state index contributed by atoms with van der Waals surface area (Å²) in [6, 6.07) is 0. The van der Waals surface area contributed by atoms with E-state index >= 15 is 0 Å². The summed E-state index contributed by atoms with van der Waals surface area (Å²) < 4.78 is 0. The predicted molar refractivity (Wildman–Crippen MR) is 33.9 cm³/mol. The molecule has 56 valence electrons. The zero-order valence-electron chi connectivity index (χ0n) is 6.88. The Bertz CT molecular complexity index is 169. The average Bonchev–Trinajstić information content (AvgIpc) is 2.44. The Morgan fingerprint density at radius 3 is 2.27 bits per heavy atom. The molecule has 0 aromatic heterocycles. The summed E-state index contributed by atoms with van der Waals surface area (Å²) >= 11 is 0. The molecule has 2 rings (SSSR count). The molecule has 0 aromatic rings. The Kier molecular flexibility index (Phi) is 3.01. The predicted octanol–water partition coefficient (Wildman–Crippen LogP) is -2.82. The number of carbonyl (C=O) groups excluding carboxylic acids is 1. The van der Waals surface area contributed by atoms with E-state index in [4.69, 9.17) is 0 Å². The molecule has 0 saturated heterocycles. The van der Waals surface area contributed by atoms with Crippen LogP contribution in [0.15, 0.2) is 0 Å². The minimum absolute atomic E-state index is 0. The van der Waals surface area contributed by atoms with E-state index in [1.165, 1.54) is 6.42 Å². The van der Waals surface area contributed by atoms with Crippen molar-refractivity contribution in [1.82, 2.24) is 0 Å².